The van der Waals surface area contributed by atoms with Crippen LogP contribution in [-0.2, 0) is 68.5 Å². The van der Waals surface area contributed by atoms with Crippen LogP contribution in [0.4, 0.5) is 0 Å². The number of carbonyl (C=O) groups is 9. The number of aromatic nitrogens is 2. The lowest BCUT2D eigenvalue weighted by molar-refractivity contribution is -0.144. The molecule has 0 aliphatic heterocycles. The van der Waals surface area contributed by atoms with Gasteiger partial charge in [-0.15, -0.1) is 0 Å². The molecule has 0 fully saturated rings. The fraction of sp³-hybridized carbons (Fsp3) is 0.786. The third-order valence-corrected chi connectivity index (χ3v) is 13.2. The number of ether oxygens (including phenoxy) is 4. The molecule has 22 nitrogen and oxygen atoms in total. The summed E-state index contributed by atoms with van der Waals surface area (Å²) in [4.78, 5) is 118. The summed E-state index contributed by atoms with van der Waals surface area (Å²) in [5.74, 6) is -6.50. The molecule has 0 aromatic carbocycles. The Hall–Kier alpha value is -5.16. The van der Waals surface area contributed by atoms with Gasteiger partial charge in [-0.25, -0.2) is 10.7 Å². The zero-order valence-electron chi connectivity index (χ0n) is 47.2. The highest BCUT2D eigenvalue weighted by Crippen LogP contribution is 2.22. The van der Waals surface area contributed by atoms with E-state index in [0.717, 1.165) is 19.3 Å². The molecule has 8 N–H and O–H groups in total. The molecule has 0 saturated heterocycles. The van der Waals surface area contributed by atoms with Crippen molar-refractivity contribution in [1.29, 1.82) is 0 Å². The van der Waals surface area contributed by atoms with Gasteiger partial charge in [-0.3, -0.25) is 43.2 Å². The van der Waals surface area contributed by atoms with E-state index in [0.29, 0.717) is 25.0 Å². The first-order chi connectivity index (χ1) is 37.4. The molecule has 3 atom stereocenters. The van der Waals surface area contributed by atoms with Crippen LogP contribution in [0.15, 0.2) is 12.5 Å². The fourth-order valence-corrected chi connectivity index (χ4v) is 8.38. The van der Waals surface area contributed by atoms with Crippen molar-refractivity contribution in [3.63, 3.8) is 0 Å². The van der Waals surface area contributed by atoms with Gasteiger partial charge in [-0.05, 0) is 39.5 Å². The van der Waals surface area contributed by atoms with Crippen LogP contribution in [0.5, 0.6) is 0 Å². The summed E-state index contributed by atoms with van der Waals surface area (Å²) in [5, 5.41) is 29.4. The standard InChI is InChI=1S/C56H96N7O15/c1-4-5-6-7-8-9-10-11-12-13-14-15-16-17-18-22-46(64)36-44(55(73)74)23-25-50(67)60-28-30-75-32-35-78-41-52(69)61-29-31-76-33-34-77-40-51(68)59-27-20-19-21-43(48(65)24-26-53(70)71)37-49(66)56(2,3)63-54(72)47(57)38-45-39-58-42-62-45/h39,42-44,47,57H,4-38,40-41H2,1-3H3,(H,58,62)(H,59,68)(H,60,67)(H,61,69)(H,63,72)(H,70,71)(H,73,74)/t43-,44-,47+/m1/s1. The Bertz CT molecular complexity index is 1850. The molecule has 1 radical (unpaired) electrons. The van der Waals surface area contributed by atoms with Gasteiger partial charge < -0.3 is 55.4 Å². The third kappa shape index (κ3) is 39.2. The number of ketones is 3. The normalized spacial score (nSPS) is 12.6. The van der Waals surface area contributed by atoms with Crippen LogP contribution in [0.1, 0.15) is 187 Å². The number of aliphatic carboxylic acids is 2. The number of amides is 4. The van der Waals surface area contributed by atoms with E-state index in [1.807, 2.05) is 0 Å². The summed E-state index contributed by atoms with van der Waals surface area (Å²) in [6, 6.07) is -1.20. The van der Waals surface area contributed by atoms with E-state index in [2.05, 4.69) is 38.2 Å². The number of carboxylic acids is 2. The van der Waals surface area contributed by atoms with Crippen LogP contribution in [0.2, 0.25) is 0 Å². The summed E-state index contributed by atoms with van der Waals surface area (Å²) >= 11 is 0. The Kier molecular flexibility index (Phi) is 41.5. The van der Waals surface area contributed by atoms with Crippen molar-refractivity contribution in [2.75, 3.05) is 72.5 Å². The molecular formula is C56H96N7O15. The van der Waals surface area contributed by atoms with Gasteiger partial charge in [0.25, 0.3) is 0 Å². The van der Waals surface area contributed by atoms with Crippen molar-refractivity contribution in [3.05, 3.63) is 18.2 Å². The van der Waals surface area contributed by atoms with Gasteiger partial charge in [0.2, 0.25) is 23.6 Å². The van der Waals surface area contributed by atoms with Gasteiger partial charge in [0.15, 0.2) is 5.78 Å². The third-order valence-electron chi connectivity index (χ3n) is 13.2. The lowest BCUT2D eigenvalue weighted by Gasteiger charge is -2.28. The van der Waals surface area contributed by atoms with Gasteiger partial charge in [0, 0.05) is 76.0 Å². The van der Waals surface area contributed by atoms with Crippen LogP contribution in [0, 0.1) is 11.8 Å². The van der Waals surface area contributed by atoms with Crippen LogP contribution >= 0.6 is 0 Å². The van der Waals surface area contributed by atoms with Crippen molar-refractivity contribution in [1.82, 2.24) is 37.0 Å². The molecular weight excluding hydrogens is 1010 g/mol. The fourth-order valence-electron chi connectivity index (χ4n) is 8.38. The van der Waals surface area contributed by atoms with Gasteiger partial charge in [0.1, 0.15) is 30.8 Å². The second-order valence-electron chi connectivity index (χ2n) is 20.5. The summed E-state index contributed by atoms with van der Waals surface area (Å²) in [6.07, 6.45) is 22.2. The number of H-pyrrole nitrogens is 1. The van der Waals surface area contributed by atoms with E-state index in [-0.39, 0.29) is 153 Å². The van der Waals surface area contributed by atoms with E-state index < -0.39 is 47.0 Å². The molecule has 1 rings (SSSR count). The number of hydrogen-bond donors (Lipinski definition) is 7. The largest absolute Gasteiger partial charge is 0.481 e. The Morgan fingerprint density at radius 2 is 1.12 bits per heavy atom. The highest BCUT2D eigenvalue weighted by molar-refractivity contribution is 5.96. The Morgan fingerprint density at radius 3 is 1.64 bits per heavy atom. The Balaban J connectivity index is 2.08. The van der Waals surface area contributed by atoms with Crippen molar-refractivity contribution < 1.29 is 72.3 Å². The molecule has 4 amide bonds. The average Bonchev–Trinajstić information content (AvgIpc) is 3.91. The first kappa shape index (κ1) is 70.9. The topological polar surface area (TPSA) is 332 Å². The molecule has 0 aliphatic rings. The van der Waals surface area contributed by atoms with Crippen molar-refractivity contribution in [2.45, 2.75) is 199 Å². The van der Waals surface area contributed by atoms with Crippen molar-refractivity contribution in [2.24, 2.45) is 11.8 Å². The molecule has 0 unspecified atom stereocenters. The number of carbonyl (C=O) groups excluding carboxylic acids is 7. The maximum atomic E-state index is 13.3. The van der Waals surface area contributed by atoms with Crippen LogP contribution in [0.3, 0.4) is 0 Å². The van der Waals surface area contributed by atoms with Crippen LogP contribution in [-0.4, -0.2) is 157 Å². The number of nitrogens with one attached hydrogen (secondary N) is 6. The first-order valence-corrected chi connectivity index (χ1v) is 28.6. The number of imidazole rings is 1. The quantitative estimate of drug-likeness (QED) is 0.0379. The molecule has 78 heavy (non-hydrogen) atoms. The highest BCUT2D eigenvalue weighted by Gasteiger charge is 2.34. The second-order valence-corrected chi connectivity index (χ2v) is 20.5. The van der Waals surface area contributed by atoms with Gasteiger partial charge in [-0.1, -0.05) is 103 Å². The van der Waals surface area contributed by atoms with E-state index >= 15 is 0 Å². The first-order valence-electron chi connectivity index (χ1n) is 28.6. The molecule has 0 saturated carbocycles. The minimum atomic E-state index is -1.38. The second kappa shape index (κ2) is 45.7. The zero-order chi connectivity index (χ0) is 57.7. The smallest absolute Gasteiger partial charge is 0.306 e. The molecule has 22 heteroatoms. The van der Waals surface area contributed by atoms with Gasteiger partial charge >= 0.3 is 11.9 Å². The van der Waals surface area contributed by atoms with Gasteiger partial charge in [-0.2, -0.15) is 0 Å². The molecule has 445 valence electrons. The van der Waals surface area contributed by atoms with Crippen molar-refractivity contribution in [3.8, 4) is 0 Å². The molecule has 1 aromatic heterocycles. The number of nitrogens with zero attached hydrogens (tertiary/aromatic N) is 1. The van der Waals surface area contributed by atoms with Gasteiger partial charge in [0.05, 0.1) is 63.8 Å². The van der Waals surface area contributed by atoms with E-state index in [4.69, 9.17) is 29.8 Å². The Labute approximate surface area is 462 Å². The summed E-state index contributed by atoms with van der Waals surface area (Å²) in [5.41, 5.74) is 7.37. The molecule has 0 spiro atoms. The van der Waals surface area contributed by atoms with E-state index in [1.165, 1.54) is 103 Å². The minimum absolute atomic E-state index is 0.0110. The molecule has 0 aliphatic carbocycles. The van der Waals surface area contributed by atoms with E-state index in [9.17, 15) is 48.3 Å². The minimum Gasteiger partial charge on any atom is -0.481 e. The number of hydrogen-bond acceptors (Lipinski definition) is 14. The number of aromatic amines is 1. The maximum Gasteiger partial charge on any atom is 0.306 e. The number of rotatable bonds is 54. The predicted molar refractivity (Wildman–Crippen MR) is 292 cm³/mol. The summed E-state index contributed by atoms with van der Waals surface area (Å²) < 4.78 is 21.5. The lowest BCUT2D eigenvalue weighted by Crippen LogP contribution is -2.54. The molecule has 1 heterocycles. The summed E-state index contributed by atoms with van der Waals surface area (Å²) in [6.45, 7) is 6.52. The number of carboxylic acid groups (broad SMARTS) is 2. The SMILES string of the molecule is CCCCCCCCCCCCCCCCCC(=O)C[C@@H](CCC(=O)NCCOCCOCC(=O)NCCOCCOCC(=O)NCCCC[C@H](CC(=O)C(C)(C)NC(=O)[C@@H]([NH])Cc1cnc[nH]1)C(=O)CCC(=O)O)C(=O)O. The lowest BCUT2D eigenvalue weighted by atomic mass is 9.84. The summed E-state index contributed by atoms with van der Waals surface area (Å²) in [7, 11) is 0. The molecule has 1 aromatic rings. The predicted octanol–water partition coefficient (Wildman–Crippen LogP) is 5.79. The monoisotopic (exact) mass is 1110 g/mol. The number of Topliss-reactive ketones (excluding diaryl/α,β-unsaturated/α-hetero) is 3. The maximum absolute atomic E-state index is 13.3. The van der Waals surface area contributed by atoms with E-state index in [1.54, 1.807) is 0 Å². The average molecular weight is 1110 g/mol. The Morgan fingerprint density at radius 1 is 0.590 bits per heavy atom. The van der Waals surface area contributed by atoms with Crippen LogP contribution < -0.4 is 27.0 Å². The van der Waals surface area contributed by atoms with Crippen molar-refractivity contribution >= 4 is 52.9 Å². The zero-order valence-corrected chi connectivity index (χ0v) is 47.2. The molecule has 0 bridgehead atoms. The number of unbranched alkanes of at least 4 members (excludes halogenated alkanes) is 15. The highest BCUT2D eigenvalue weighted by atomic mass is 16.5. The van der Waals surface area contributed by atoms with Crippen LogP contribution in [0.25, 0.3) is 0 Å².